The van der Waals surface area contributed by atoms with Gasteiger partial charge in [-0.25, -0.2) is 4.98 Å². The Labute approximate surface area is 131 Å². The number of aryl methyl sites for hydroxylation is 1. The first-order valence-electron chi connectivity index (χ1n) is 8.13. The topological polar surface area (TPSA) is 34.0 Å². The quantitative estimate of drug-likeness (QED) is 0.685. The van der Waals surface area contributed by atoms with Gasteiger partial charge in [0, 0.05) is 18.0 Å². The van der Waals surface area contributed by atoms with Crippen LogP contribution < -0.4 is 0 Å². The molecule has 4 heteroatoms. The van der Waals surface area contributed by atoms with Crippen LogP contribution in [0.3, 0.4) is 0 Å². The lowest BCUT2D eigenvalue weighted by atomic mass is 10.1. The van der Waals surface area contributed by atoms with Gasteiger partial charge in [-0.1, -0.05) is 25.5 Å². The molecule has 0 N–H and O–H groups in total. The Morgan fingerprint density at radius 2 is 1.95 bits per heavy atom. The summed E-state index contributed by atoms with van der Waals surface area (Å²) in [5, 5.41) is 1.22. The Bertz CT molecular complexity index is 790. The molecule has 0 unspecified atom stereocenters. The lowest BCUT2D eigenvalue weighted by molar-refractivity contribution is 0.395. The Morgan fingerprint density at radius 1 is 1.14 bits per heavy atom. The van der Waals surface area contributed by atoms with Crippen molar-refractivity contribution in [2.75, 3.05) is 20.1 Å². The van der Waals surface area contributed by atoms with E-state index in [0.29, 0.717) is 6.04 Å². The molecule has 3 aromatic rings. The molecule has 0 saturated carbocycles. The predicted octanol–water partition coefficient (Wildman–Crippen LogP) is 3.80. The van der Waals surface area contributed by atoms with Crippen molar-refractivity contribution in [3.8, 4) is 0 Å². The molecule has 1 aliphatic heterocycles. The van der Waals surface area contributed by atoms with Crippen molar-refractivity contribution in [1.29, 1.82) is 0 Å². The van der Waals surface area contributed by atoms with Gasteiger partial charge in [-0.2, -0.15) is 0 Å². The van der Waals surface area contributed by atoms with Gasteiger partial charge in [0.05, 0.1) is 23.6 Å². The largest absolute Gasteiger partial charge is 0.326 e. The van der Waals surface area contributed by atoms with Gasteiger partial charge in [0.1, 0.15) is 5.52 Å². The molecule has 0 aliphatic carbocycles. The second-order valence-corrected chi connectivity index (χ2v) is 5.87. The number of likely N-dealkylation sites (tertiary alicyclic amines) is 1. The van der Waals surface area contributed by atoms with Crippen molar-refractivity contribution < 1.29 is 0 Å². The Morgan fingerprint density at radius 3 is 2.68 bits per heavy atom. The lowest BCUT2D eigenvalue weighted by Crippen LogP contribution is -2.16. The Hall–Kier alpha value is -1.94. The molecule has 0 amide bonds. The maximum atomic E-state index is 4.55. The van der Waals surface area contributed by atoms with Crippen molar-refractivity contribution in [2.45, 2.75) is 33.2 Å². The molecule has 0 spiro atoms. The average Bonchev–Trinajstić information content (AvgIpc) is 3.15. The number of hydrogen-bond acceptors (Lipinski definition) is 3. The summed E-state index contributed by atoms with van der Waals surface area (Å²) in [6.07, 6.45) is 5.07. The normalized spacial score (nSPS) is 18.6. The fourth-order valence-corrected chi connectivity index (χ4v) is 3.25. The maximum absolute atomic E-state index is 4.55. The first kappa shape index (κ1) is 15.0. The number of hydrogen-bond donors (Lipinski definition) is 0. The zero-order valence-electron chi connectivity index (χ0n) is 13.9. The Balaban J connectivity index is 0.000000693. The second kappa shape index (κ2) is 6.05. The van der Waals surface area contributed by atoms with Crippen LogP contribution in [0.2, 0.25) is 0 Å². The molecule has 1 atom stereocenters. The fourth-order valence-electron chi connectivity index (χ4n) is 3.25. The number of imidazole rings is 1. The zero-order valence-corrected chi connectivity index (χ0v) is 13.9. The molecule has 1 fully saturated rings. The van der Waals surface area contributed by atoms with E-state index in [1.807, 2.05) is 26.4 Å². The molecule has 2 aromatic heterocycles. The minimum atomic E-state index is 0.524. The first-order valence-corrected chi connectivity index (χ1v) is 8.13. The van der Waals surface area contributed by atoms with Crippen molar-refractivity contribution in [2.24, 2.45) is 0 Å². The summed E-state index contributed by atoms with van der Waals surface area (Å²) in [5.74, 6) is 0. The van der Waals surface area contributed by atoms with Crippen LogP contribution in [0.15, 0.2) is 30.7 Å². The van der Waals surface area contributed by atoms with E-state index in [0.717, 1.165) is 24.1 Å². The van der Waals surface area contributed by atoms with Gasteiger partial charge in [0.25, 0.3) is 0 Å². The minimum absolute atomic E-state index is 0.524. The van der Waals surface area contributed by atoms with Gasteiger partial charge in [0.2, 0.25) is 0 Å². The van der Waals surface area contributed by atoms with Gasteiger partial charge in [-0.15, -0.1) is 0 Å². The highest BCUT2D eigenvalue weighted by Gasteiger charge is 2.23. The van der Waals surface area contributed by atoms with Gasteiger partial charge >= 0.3 is 0 Å². The maximum Gasteiger partial charge on any atom is 0.107 e. The van der Waals surface area contributed by atoms with Gasteiger partial charge in [-0.3, -0.25) is 4.98 Å². The molecular weight excluding hydrogens is 272 g/mol. The lowest BCUT2D eigenvalue weighted by Gasteiger charge is -2.14. The summed E-state index contributed by atoms with van der Waals surface area (Å²) in [4.78, 5) is 11.4. The van der Waals surface area contributed by atoms with E-state index in [9.17, 15) is 0 Å². The summed E-state index contributed by atoms with van der Waals surface area (Å²) < 4.78 is 2.35. The summed E-state index contributed by atoms with van der Waals surface area (Å²) in [6.45, 7) is 8.38. The molecule has 4 nitrogen and oxygen atoms in total. The molecule has 1 aromatic carbocycles. The standard InChI is InChI=1S/C16H18N4.C2H6/c1-11-3-4-14-13(7-11)16-15(8-17-14)18-10-20(16)12-5-6-19(2)9-12;1-2/h3-4,7-8,10,12H,5-6,9H2,1-2H3;1-2H3/t12-;/m1./s1. The molecule has 22 heavy (non-hydrogen) atoms. The molecule has 0 radical (unpaired) electrons. The number of benzene rings is 1. The first-order chi connectivity index (χ1) is 10.7. The summed E-state index contributed by atoms with van der Waals surface area (Å²) in [5.41, 5.74) is 4.55. The molecular formula is C18H24N4. The minimum Gasteiger partial charge on any atom is -0.326 e. The van der Waals surface area contributed by atoms with Crippen LogP contribution >= 0.6 is 0 Å². The molecule has 116 valence electrons. The highest BCUT2D eigenvalue weighted by atomic mass is 15.2. The number of pyridine rings is 1. The van der Waals surface area contributed by atoms with Crippen LogP contribution in [0.5, 0.6) is 0 Å². The fraction of sp³-hybridized carbons (Fsp3) is 0.444. The third-order valence-corrected chi connectivity index (χ3v) is 4.31. The summed E-state index contributed by atoms with van der Waals surface area (Å²) >= 11 is 0. The number of aromatic nitrogens is 3. The van der Waals surface area contributed by atoms with Gasteiger partial charge < -0.3 is 9.47 Å². The van der Waals surface area contributed by atoms with E-state index in [4.69, 9.17) is 0 Å². The molecule has 0 bridgehead atoms. The molecule has 1 saturated heterocycles. The van der Waals surface area contributed by atoms with Crippen LogP contribution in [0, 0.1) is 6.92 Å². The van der Waals surface area contributed by atoms with Crippen molar-refractivity contribution in [1.82, 2.24) is 19.4 Å². The zero-order chi connectivity index (χ0) is 15.7. The summed E-state index contributed by atoms with van der Waals surface area (Å²) in [6, 6.07) is 6.96. The van der Waals surface area contributed by atoms with Gasteiger partial charge in [0.15, 0.2) is 0 Å². The molecule has 3 heterocycles. The average molecular weight is 296 g/mol. The SMILES string of the molecule is CC.Cc1ccc2ncc3ncn([C@@H]4CCN(C)C4)c3c2c1. The van der Waals surface area contributed by atoms with E-state index in [1.54, 1.807) is 0 Å². The number of fused-ring (bicyclic) bond motifs is 3. The van der Waals surface area contributed by atoms with Gasteiger partial charge in [-0.05, 0) is 39.1 Å². The van der Waals surface area contributed by atoms with Crippen molar-refractivity contribution in [3.05, 3.63) is 36.3 Å². The van der Waals surface area contributed by atoms with Crippen LogP contribution in [-0.4, -0.2) is 39.6 Å². The number of likely N-dealkylation sites (N-methyl/N-ethyl adjacent to an activating group) is 1. The third-order valence-electron chi connectivity index (χ3n) is 4.31. The van der Waals surface area contributed by atoms with Crippen LogP contribution in [-0.2, 0) is 0 Å². The van der Waals surface area contributed by atoms with Crippen LogP contribution in [0.25, 0.3) is 21.9 Å². The second-order valence-electron chi connectivity index (χ2n) is 5.87. The smallest absolute Gasteiger partial charge is 0.107 e. The molecule has 1 aliphatic rings. The van der Waals surface area contributed by atoms with E-state index >= 15 is 0 Å². The Kier molecular flexibility index (Phi) is 4.12. The summed E-state index contributed by atoms with van der Waals surface area (Å²) in [7, 11) is 2.18. The molecule has 4 rings (SSSR count). The van der Waals surface area contributed by atoms with Crippen molar-refractivity contribution >= 4 is 21.9 Å². The number of rotatable bonds is 1. The highest BCUT2D eigenvalue weighted by Crippen LogP contribution is 2.29. The van der Waals surface area contributed by atoms with Crippen LogP contribution in [0.4, 0.5) is 0 Å². The van der Waals surface area contributed by atoms with Crippen molar-refractivity contribution in [3.63, 3.8) is 0 Å². The monoisotopic (exact) mass is 296 g/mol. The third kappa shape index (κ3) is 2.48. The predicted molar refractivity (Wildman–Crippen MR) is 92.3 cm³/mol. The number of nitrogens with zero attached hydrogens (tertiary/aromatic N) is 4. The highest BCUT2D eigenvalue weighted by molar-refractivity contribution is 6.02. The van der Waals surface area contributed by atoms with E-state index in [1.165, 1.54) is 22.9 Å². The van der Waals surface area contributed by atoms with E-state index < -0.39 is 0 Å². The van der Waals surface area contributed by atoms with E-state index in [-0.39, 0.29) is 0 Å². The van der Waals surface area contributed by atoms with E-state index in [2.05, 4.69) is 51.6 Å². The van der Waals surface area contributed by atoms with Crippen LogP contribution in [0.1, 0.15) is 31.9 Å².